The molecular weight excluding hydrogens is 375 g/mol. The molecule has 1 N–H and O–H groups in total. The Balaban J connectivity index is 0.00000121. The molecular formula is C18H24Cl2N4O2. The predicted octanol–water partition coefficient (Wildman–Crippen LogP) is 2.34. The summed E-state index contributed by atoms with van der Waals surface area (Å²) in [5.74, 6) is 1.01. The van der Waals surface area contributed by atoms with E-state index >= 15 is 0 Å². The SMILES string of the molecule is CN1CCc2c1nc1ccccc1c2NC(=O)CN1CCOCC1.Cl.Cl. The fourth-order valence-corrected chi connectivity index (χ4v) is 3.46. The molecule has 1 saturated heterocycles. The molecule has 26 heavy (non-hydrogen) atoms. The van der Waals surface area contributed by atoms with Crippen LogP contribution in [0.2, 0.25) is 0 Å². The minimum absolute atomic E-state index is 0. The van der Waals surface area contributed by atoms with Crippen molar-refractivity contribution in [3.8, 4) is 0 Å². The van der Waals surface area contributed by atoms with Gasteiger partial charge in [-0.1, -0.05) is 18.2 Å². The Bertz CT molecular complexity index is 781. The van der Waals surface area contributed by atoms with Gasteiger partial charge in [0.05, 0.1) is 31.0 Å². The molecule has 1 amide bonds. The number of rotatable bonds is 3. The van der Waals surface area contributed by atoms with Gasteiger partial charge in [-0.05, 0) is 12.5 Å². The van der Waals surface area contributed by atoms with Crippen LogP contribution in [0.15, 0.2) is 24.3 Å². The van der Waals surface area contributed by atoms with Crippen molar-refractivity contribution in [1.29, 1.82) is 0 Å². The molecule has 4 rings (SSSR count). The summed E-state index contributed by atoms with van der Waals surface area (Å²) in [6, 6.07) is 8.01. The number of carbonyl (C=O) groups is 1. The first-order valence-electron chi connectivity index (χ1n) is 8.45. The van der Waals surface area contributed by atoms with Crippen molar-refractivity contribution in [2.45, 2.75) is 6.42 Å². The zero-order valence-electron chi connectivity index (χ0n) is 14.7. The number of benzene rings is 1. The van der Waals surface area contributed by atoms with E-state index in [9.17, 15) is 4.79 Å². The fraction of sp³-hybridized carbons (Fsp3) is 0.444. The number of nitrogens with zero attached hydrogens (tertiary/aromatic N) is 3. The number of amides is 1. The number of pyridine rings is 1. The molecule has 142 valence electrons. The Morgan fingerprint density at radius 2 is 1.92 bits per heavy atom. The zero-order chi connectivity index (χ0) is 16.5. The molecule has 0 atom stereocenters. The largest absolute Gasteiger partial charge is 0.379 e. The maximum absolute atomic E-state index is 12.6. The number of morpholine rings is 1. The molecule has 0 bridgehead atoms. The van der Waals surface area contributed by atoms with Crippen molar-refractivity contribution in [3.63, 3.8) is 0 Å². The Labute approximate surface area is 165 Å². The number of fused-ring (bicyclic) bond motifs is 2. The molecule has 1 aromatic heterocycles. The first-order valence-corrected chi connectivity index (χ1v) is 8.45. The molecule has 1 fully saturated rings. The standard InChI is InChI=1S/C18H22N4O2.2ClH/c1-21-7-6-14-17(13-4-2-3-5-15(13)19-18(14)21)20-16(23)12-22-8-10-24-11-9-22;;/h2-5H,6-12H2,1H3,(H,19,20,23);2*1H. The number of anilines is 2. The van der Waals surface area contributed by atoms with Crippen LogP contribution >= 0.6 is 24.8 Å². The number of aromatic nitrogens is 1. The lowest BCUT2D eigenvalue weighted by atomic mass is 10.1. The maximum atomic E-state index is 12.6. The number of nitrogens with one attached hydrogen (secondary N) is 1. The van der Waals surface area contributed by atoms with Crippen molar-refractivity contribution in [3.05, 3.63) is 29.8 Å². The third-order valence-electron chi connectivity index (χ3n) is 4.77. The van der Waals surface area contributed by atoms with E-state index in [0.29, 0.717) is 19.8 Å². The molecule has 8 heteroatoms. The molecule has 2 aliphatic heterocycles. The summed E-state index contributed by atoms with van der Waals surface area (Å²) in [5.41, 5.74) is 3.00. The summed E-state index contributed by atoms with van der Waals surface area (Å²) in [5, 5.41) is 4.18. The zero-order valence-corrected chi connectivity index (χ0v) is 16.4. The molecule has 3 heterocycles. The Kier molecular flexibility index (Phi) is 7.06. The summed E-state index contributed by atoms with van der Waals surface area (Å²) in [4.78, 5) is 21.6. The molecule has 2 aromatic rings. The normalized spacial score (nSPS) is 16.6. The van der Waals surface area contributed by atoms with Crippen LogP contribution in [0.1, 0.15) is 5.56 Å². The van der Waals surface area contributed by atoms with Crippen molar-refractivity contribution in [2.24, 2.45) is 0 Å². The highest BCUT2D eigenvalue weighted by Gasteiger charge is 2.24. The second kappa shape index (κ2) is 8.86. The number of carbonyl (C=O) groups excluding carboxylic acids is 1. The van der Waals surface area contributed by atoms with Gasteiger partial charge in [0.15, 0.2) is 0 Å². The van der Waals surface area contributed by atoms with E-state index in [-0.39, 0.29) is 30.7 Å². The number of hydrogen-bond donors (Lipinski definition) is 1. The topological polar surface area (TPSA) is 57.7 Å². The van der Waals surface area contributed by atoms with Crippen LogP contribution in [0, 0.1) is 0 Å². The molecule has 0 saturated carbocycles. The van der Waals surface area contributed by atoms with Crippen molar-refractivity contribution in [1.82, 2.24) is 9.88 Å². The first-order chi connectivity index (χ1) is 11.7. The van der Waals surface area contributed by atoms with Crippen molar-refractivity contribution >= 4 is 53.1 Å². The van der Waals surface area contributed by atoms with Crippen molar-refractivity contribution < 1.29 is 9.53 Å². The summed E-state index contributed by atoms with van der Waals surface area (Å²) >= 11 is 0. The van der Waals surface area contributed by atoms with Gasteiger partial charge in [-0.25, -0.2) is 4.98 Å². The minimum atomic E-state index is 0. The van der Waals surface area contributed by atoms with E-state index in [2.05, 4.69) is 15.1 Å². The average Bonchev–Trinajstić information content (AvgIpc) is 2.97. The maximum Gasteiger partial charge on any atom is 0.238 e. The molecule has 0 spiro atoms. The van der Waals surface area contributed by atoms with Crippen LogP contribution < -0.4 is 10.2 Å². The summed E-state index contributed by atoms with van der Waals surface area (Å²) in [6.45, 7) is 4.36. The molecule has 0 radical (unpaired) electrons. The van der Waals surface area contributed by atoms with Crippen LogP contribution in [0.3, 0.4) is 0 Å². The molecule has 6 nitrogen and oxygen atoms in total. The fourth-order valence-electron chi connectivity index (χ4n) is 3.46. The average molecular weight is 399 g/mol. The molecule has 0 unspecified atom stereocenters. The number of hydrogen-bond acceptors (Lipinski definition) is 5. The molecule has 0 aliphatic carbocycles. The first kappa shape index (κ1) is 20.7. The third-order valence-corrected chi connectivity index (χ3v) is 4.77. The van der Waals surface area contributed by atoms with E-state index in [4.69, 9.17) is 9.72 Å². The molecule has 2 aliphatic rings. The van der Waals surface area contributed by atoms with E-state index in [1.165, 1.54) is 0 Å². The molecule has 1 aromatic carbocycles. The second-order valence-electron chi connectivity index (χ2n) is 6.41. The van der Waals surface area contributed by atoms with Crippen LogP contribution in [0.5, 0.6) is 0 Å². The van der Waals surface area contributed by atoms with Gasteiger partial charge in [0.25, 0.3) is 0 Å². The lowest BCUT2D eigenvalue weighted by Crippen LogP contribution is -2.41. The van der Waals surface area contributed by atoms with Gasteiger partial charge >= 0.3 is 0 Å². The number of halogens is 2. The lowest BCUT2D eigenvalue weighted by molar-refractivity contribution is -0.118. The highest BCUT2D eigenvalue weighted by molar-refractivity contribution is 6.04. The van der Waals surface area contributed by atoms with Crippen LogP contribution in [-0.4, -0.2) is 62.2 Å². The summed E-state index contributed by atoms with van der Waals surface area (Å²) in [7, 11) is 2.05. The quantitative estimate of drug-likeness (QED) is 0.859. The van der Waals surface area contributed by atoms with Gasteiger partial charge in [-0.15, -0.1) is 24.8 Å². The van der Waals surface area contributed by atoms with E-state index in [1.54, 1.807) is 0 Å². The monoisotopic (exact) mass is 398 g/mol. The van der Waals surface area contributed by atoms with Gasteiger partial charge in [0, 0.05) is 37.6 Å². The number of ether oxygens (including phenoxy) is 1. The smallest absolute Gasteiger partial charge is 0.238 e. The van der Waals surface area contributed by atoms with Gasteiger partial charge in [-0.2, -0.15) is 0 Å². The van der Waals surface area contributed by atoms with Crippen molar-refractivity contribution in [2.75, 3.05) is 56.7 Å². The van der Waals surface area contributed by atoms with Gasteiger partial charge in [0.1, 0.15) is 5.82 Å². The number of likely N-dealkylation sites (N-methyl/N-ethyl adjacent to an activating group) is 1. The number of para-hydroxylation sites is 1. The second-order valence-corrected chi connectivity index (χ2v) is 6.41. The third kappa shape index (κ3) is 4.04. The highest BCUT2D eigenvalue weighted by Crippen LogP contribution is 2.36. The van der Waals surface area contributed by atoms with E-state index < -0.39 is 0 Å². The lowest BCUT2D eigenvalue weighted by Gasteiger charge is -2.26. The van der Waals surface area contributed by atoms with E-state index in [1.807, 2.05) is 31.3 Å². The summed E-state index contributed by atoms with van der Waals surface area (Å²) in [6.07, 6.45) is 0.914. The van der Waals surface area contributed by atoms with Crippen LogP contribution in [0.25, 0.3) is 10.9 Å². The van der Waals surface area contributed by atoms with Gasteiger partial charge in [-0.3, -0.25) is 9.69 Å². The van der Waals surface area contributed by atoms with Gasteiger partial charge < -0.3 is 15.0 Å². The van der Waals surface area contributed by atoms with Crippen LogP contribution in [-0.2, 0) is 16.0 Å². The Hall–Kier alpha value is -1.60. The predicted molar refractivity (Wildman–Crippen MR) is 109 cm³/mol. The summed E-state index contributed by atoms with van der Waals surface area (Å²) < 4.78 is 5.34. The Morgan fingerprint density at radius 3 is 2.69 bits per heavy atom. The minimum Gasteiger partial charge on any atom is -0.379 e. The van der Waals surface area contributed by atoms with Gasteiger partial charge in [0.2, 0.25) is 5.91 Å². The van der Waals surface area contributed by atoms with Crippen LogP contribution in [0.4, 0.5) is 11.5 Å². The van der Waals surface area contributed by atoms with E-state index in [0.717, 1.165) is 54.0 Å². The highest BCUT2D eigenvalue weighted by atomic mass is 35.5. The Morgan fingerprint density at radius 1 is 1.19 bits per heavy atom.